The Kier molecular flexibility index (Phi) is 11.1. The highest BCUT2D eigenvalue weighted by Crippen LogP contribution is 2.65. The van der Waals surface area contributed by atoms with Gasteiger partial charge < -0.3 is 18.9 Å². The lowest BCUT2D eigenvalue weighted by molar-refractivity contribution is -0.235. The third-order valence-corrected chi connectivity index (χ3v) is 15.1. The van der Waals surface area contributed by atoms with E-state index in [0.717, 1.165) is 29.7 Å². The second-order valence-electron chi connectivity index (χ2n) is 18.1. The molecule has 0 aromatic carbocycles. The summed E-state index contributed by atoms with van der Waals surface area (Å²) in [6, 6.07) is 0. The van der Waals surface area contributed by atoms with Gasteiger partial charge in [-0.05, 0) is 156 Å². The van der Waals surface area contributed by atoms with Crippen molar-refractivity contribution < 1.29 is 38.1 Å². The first kappa shape index (κ1) is 36.7. The standard InChI is InChI=1S/C22H32O4.C21H30O4/c1-14(2)21(24)25-13-20(23)26-22(17-6-4-3-5-7-17)18-9-15-8-16(11-18)12-19(22)10-15;1-2-19(22)24-13-20(23)25-21(16-6-4-3-5-7-16)17-9-14-8-15(11-17)12-18(21)10-14/h15-19H,1,3-13H2,2H3;2,14-18H,1,3-13H2. The number of rotatable bonds is 10. The molecule has 0 spiro atoms. The lowest BCUT2D eigenvalue weighted by atomic mass is 9.46. The van der Waals surface area contributed by atoms with Crippen LogP contribution in [0.15, 0.2) is 24.8 Å². The van der Waals surface area contributed by atoms with Crippen LogP contribution in [0.3, 0.4) is 0 Å². The number of esters is 4. The number of carbonyl (C=O) groups excluding carboxylic acids is 4. The van der Waals surface area contributed by atoms with Gasteiger partial charge in [0.15, 0.2) is 13.2 Å². The normalized spacial score (nSPS) is 39.3. The minimum atomic E-state index is -0.561. The van der Waals surface area contributed by atoms with E-state index in [1.165, 1.54) is 128 Å². The molecule has 282 valence electrons. The lowest BCUT2D eigenvalue weighted by Crippen LogP contribution is -2.63. The summed E-state index contributed by atoms with van der Waals surface area (Å²) in [7, 11) is 0. The van der Waals surface area contributed by atoms with Gasteiger partial charge in [-0.3, -0.25) is 0 Å². The summed E-state index contributed by atoms with van der Waals surface area (Å²) in [6.45, 7) is 7.96. The minimum absolute atomic E-state index is 0.285. The highest BCUT2D eigenvalue weighted by molar-refractivity contribution is 5.88. The zero-order valence-electron chi connectivity index (χ0n) is 31.1. The van der Waals surface area contributed by atoms with Gasteiger partial charge in [0.2, 0.25) is 0 Å². The van der Waals surface area contributed by atoms with Crippen LogP contribution in [0.1, 0.15) is 135 Å². The molecule has 10 saturated carbocycles. The topological polar surface area (TPSA) is 105 Å². The molecule has 0 heterocycles. The van der Waals surface area contributed by atoms with Crippen molar-refractivity contribution in [3.8, 4) is 0 Å². The van der Waals surface area contributed by atoms with Crippen LogP contribution in [0, 0.1) is 59.2 Å². The average Bonchev–Trinajstić information content (AvgIpc) is 3.13. The molecule has 10 aliphatic carbocycles. The zero-order chi connectivity index (χ0) is 35.8. The Morgan fingerprint density at radius 3 is 1.24 bits per heavy atom. The molecule has 51 heavy (non-hydrogen) atoms. The van der Waals surface area contributed by atoms with Crippen LogP contribution in [0.2, 0.25) is 0 Å². The molecule has 0 N–H and O–H groups in total. The highest BCUT2D eigenvalue weighted by Gasteiger charge is 2.64. The van der Waals surface area contributed by atoms with E-state index in [4.69, 9.17) is 18.9 Å². The fraction of sp³-hybridized carbons (Fsp3) is 0.814. The molecule has 10 rings (SSSR count). The molecular weight excluding hydrogens is 644 g/mol. The van der Waals surface area contributed by atoms with Gasteiger partial charge in [-0.25, -0.2) is 19.2 Å². The first-order valence-electron chi connectivity index (χ1n) is 20.7. The van der Waals surface area contributed by atoms with E-state index < -0.39 is 11.9 Å². The largest absolute Gasteiger partial charge is 0.456 e. The van der Waals surface area contributed by atoms with Crippen LogP contribution >= 0.6 is 0 Å². The summed E-state index contributed by atoms with van der Waals surface area (Å²) in [4.78, 5) is 48.2. The maximum Gasteiger partial charge on any atom is 0.344 e. The molecule has 8 nitrogen and oxygen atoms in total. The fourth-order valence-electron chi connectivity index (χ4n) is 13.7. The lowest BCUT2D eigenvalue weighted by Gasteiger charge is -2.63. The molecule has 0 unspecified atom stereocenters. The van der Waals surface area contributed by atoms with Crippen LogP contribution in [-0.2, 0) is 38.1 Å². The first-order chi connectivity index (χ1) is 24.6. The smallest absolute Gasteiger partial charge is 0.344 e. The number of hydrogen-bond donors (Lipinski definition) is 0. The molecule has 10 fully saturated rings. The number of carbonyl (C=O) groups is 4. The van der Waals surface area contributed by atoms with Gasteiger partial charge in [-0.15, -0.1) is 0 Å². The molecule has 0 atom stereocenters. The van der Waals surface area contributed by atoms with Crippen molar-refractivity contribution in [3.05, 3.63) is 24.8 Å². The quantitative estimate of drug-likeness (QED) is 0.127. The van der Waals surface area contributed by atoms with Crippen LogP contribution in [0.5, 0.6) is 0 Å². The van der Waals surface area contributed by atoms with Gasteiger partial charge in [0, 0.05) is 11.6 Å². The first-order valence-corrected chi connectivity index (χ1v) is 20.7. The predicted molar refractivity (Wildman–Crippen MR) is 192 cm³/mol. The van der Waals surface area contributed by atoms with E-state index in [9.17, 15) is 19.2 Å². The van der Waals surface area contributed by atoms with Gasteiger partial charge in [0.1, 0.15) is 11.2 Å². The second-order valence-corrected chi connectivity index (χ2v) is 18.1. The van der Waals surface area contributed by atoms with Crippen molar-refractivity contribution in [3.63, 3.8) is 0 Å². The number of hydrogen-bond acceptors (Lipinski definition) is 8. The second kappa shape index (κ2) is 15.4. The van der Waals surface area contributed by atoms with Crippen molar-refractivity contribution >= 4 is 23.9 Å². The number of ether oxygens (including phenoxy) is 4. The van der Waals surface area contributed by atoms with Crippen molar-refractivity contribution in [2.24, 2.45) is 59.2 Å². The Bertz CT molecular complexity index is 1270. The molecule has 0 radical (unpaired) electrons. The van der Waals surface area contributed by atoms with Gasteiger partial charge in [-0.1, -0.05) is 51.7 Å². The van der Waals surface area contributed by atoms with E-state index in [-0.39, 0.29) is 36.4 Å². The maximum atomic E-state index is 12.7. The molecule has 10 aliphatic rings. The van der Waals surface area contributed by atoms with E-state index in [0.29, 0.717) is 41.1 Å². The third kappa shape index (κ3) is 7.32. The fourth-order valence-corrected chi connectivity index (χ4v) is 13.7. The summed E-state index contributed by atoms with van der Waals surface area (Å²) in [5.74, 6) is 4.62. The monoisotopic (exact) mass is 706 g/mol. The molecule has 0 aliphatic heterocycles. The van der Waals surface area contributed by atoms with Crippen LogP contribution in [-0.4, -0.2) is 48.3 Å². The highest BCUT2D eigenvalue weighted by atomic mass is 16.6. The SMILES string of the molecule is C=C(C)C(=O)OCC(=O)OC1(C2CCCCC2)C2CC3CC(C2)CC1C3.C=CC(=O)OCC(=O)OC1(C2CCCCC2)C2CC3CC(C2)CC1C3. The summed E-state index contributed by atoms with van der Waals surface area (Å²) >= 11 is 0. The van der Waals surface area contributed by atoms with Gasteiger partial charge in [0.05, 0.1) is 0 Å². The Morgan fingerprint density at radius 2 is 0.902 bits per heavy atom. The summed E-state index contributed by atoms with van der Waals surface area (Å²) in [6.07, 6.45) is 26.0. The zero-order valence-corrected chi connectivity index (χ0v) is 31.1. The molecule has 0 amide bonds. The van der Waals surface area contributed by atoms with Gasteiger partial charge >= 0.3 is 23.9 Å². The van der Waals surface area contributed by atoms with Crippen molar-refractivity contribution in [2.45, 2.75) is 147 Å². The molecule has 8 heteroatoms. The Labute approximate surface area is 305 Å². The van der Waals surface area contributed by atoms with E-state index in [2.05, 4.69) is 13.2 Å². The average molecular weight is 707 g/mol. The molecular formula is C43H62O8. The van der Waals surface area contributed by atoms with Crippen molar-refractivity contribution in [2.75, 3.05) is 13.2 Å². The van der Waals surface area contributed by atoms with Crippen LogP contribution in [0.4, 0.5) is 0 Å². The van der Waals surface area contributed by atoms with E-state index in [1.54, 1.807) is 6.92 Å². The third-order valence-electron chi connectivity index (χ3n) is 15.1. The van der Waals surface area contributed by atoms with Crippen LogP contribution < -0.4 is 0 Å². The summed E-state index contributed by atoms with van der Waals surface area (Å²) < 4.78 is 22.7. The van der Waals surface area contributed by atoms with Crippen LogP contribution in [0.25, 0.3) is 0 Å². The molecule has 8 bridgehead atoms. The van der Waals surface area contributed by atoms with Gasteiger partial charge in [-0.2, -0.15) is 0 Å². The van der Waals surface area contributed by atoms with Crippen molar-refractivity contribution in [1.29, 1.82) is 0 Å². The molecule has 0 saturated heterocycles. The van der Waals surface area contributed by atoms with E-state index in [1.807, 2.05) is 0 Å². The summed E-state index contributed by atoms with van der Waals surface area (Å²) in [5, 5.41) is 0. The molecule has 0 aromatic heterocycles. The molecule has 0 aromatic rings. The Hall–Kier alpha value is -2.64. The minimum Gasteiger partial charge on any atom is -0.456 e. The maximum absolute atomic E-state index is 12.7. The van der Waals surface area contributed by atoms with E-state index >= 15 is 0 Å². The van der Waals surface area contributed by atoms with Gasteiger partial charge in [0.25, 0.3) is 0 Å². The Morgan fingerprint density at radius 1 is 0.549 bits per heavy atom. The predicted octanol–water partition coefficient (Wildman–Crippen LogP) is 8.46. The Balaban J connectivity index is 0.000000159. The van der Waals surface area contributed by atoms with Crippen molar-refractivity contribution in [1.82, 2.24) is 0 Å². The summed E-state index contributed by atoms with van der Waals surface area (Å²) in [5.41, 5.74) is -0.263.